The highest BCUT2D eigenvalue weighted by atomic mass is 16.5. The molecule has 1 atom stereocenters. The second kappa shape index (κ2) is 6.07. The predicted octanol–water partition coefficient (Wildman–Crippen LogP) is 1.70. The number of fused-ring (bicyclic) bond motifs is 3. The molecule has 0 amide bonds. The molecule has 26 heavy (non-hydrogen) atoms. The van der Waals surface area contributed by atoms with Crippen LogP contribution in [-0.2, 0) is 0 Å². The highest BCUT2D eigenvalue weighted by Crippen LogP contribution is 2.35. The van der Waals surface area contributed by atoms with Crippen LogP contribution in [0.3, 0.4) is 0 Å². The molecule has 0 spiro atoms. The Morgan fingerprint density at radius 2 is 1.88 bits per heavy atom. The number of para-hydroxylation sites is 1. The molecule has 8 heteroatoms. The third-order valence-corrected chi connectivity index (χ3v) is 4.28. The van der Waals surface area contributed by atoms with E-state index in [4.69, 9.17) is 15.2 Å². The van der Waals surface area contributed by atoms with Gasteiger partial charge in [0.1, 0.15) is 0 Å². The summed E-state index contributed by atoms with van der Waals surface area (Å²) in [5.74, 6) is 1.73. The number of aliphatic imine (C=N–C) groups is 1. The molecule has 0 saturated carbocycles. The van der Waals surface area contributed by atoms with Gasteiger partial charge < -0.3 is 15.2 Å². The molecule has 3 aromatic rings. The summed E-state index contributed by atoms with van der Waals surface area (Å²) in [6.45, 7) is 0. The summed E-state index contributed by atoms with van der Waals surface area (Å²) >= 11 is 0. The zero-order valence-corrected chi connectivity index (χ0v) is 14.3. The Bertz CT molecular complexity index is 1090. The lowest BCUT2D eigenvalue weighted by atomic mass is 10.1. The number of nitrogens with two attached hydrogens (primary N) is 1. The zero-order chi connectivity index (χ0) is 18.3. The lowest BCUT2D eigenvalue weighted by Gasteiger charge is -2.27. The van der Waals surface area contributed by atoms with E-state index in [-0.39, 0.29) is 11.5 Å². The van der Waals surface area contributed by atoms with E-state index in [9.17, 15) is 4.79 Å². The second-order valence-electron chi connectivity index (χ2n) is 5.76. The third-order valence-electron chi connectivity index (χ3n) is 4.28. The first-order valence-electron chi connectivity index (χ1n) is 7.96. The molecule has 8 nitrogen and oxygen atoms in total. The van der Waals surface area contributed by atoms with E-state index in [0.29, 0.717) is 28.4 Å². The van der Waals surface area contributed by atoms with Crippen molar-refractivity contribution in [3.05, 3.63) is 58.4 Å². The Morgan fingerprint density at radius 1 is 1.12 bits per heavy atom. The summed E-state index contributed by atoms with van der Waals surface area (Å²) in [5, 5.41) is 3.38. The van der Waals surface area contributed by atoms with E-state index < -0.39 is 6.17 Å². The number of hydrogen-bond acceptors (Lipinski definition) is 7. The Morgan fingerprint density at radius 3 is 2.65 bits per heavy atom. The molecule has 0 unspecified atom stereocenters. The number of ether oxygens (including phenoxy) is 2. The van der Waals surface area contributed by atoms with Gasteiger partial charge in [-0.15, -0.1) is 0 Å². The van der Waals surface area contributed by atoms with Gasteiger partial charge in [-0.1, -0.05) is 18.2 Å². The van der Waals surface area contributed by atoms with Crippen LogP contribution in [0.2, 0.25) is 0 Å². The van der Waals surface area contributed by atoms with Gasteiger partial charge in [-0.05, 0) is 24.3 Å². The molecule has 3 N–H and O–H groups in total. The first-order valence-corrected chi connectivity index (χ1v) is 7.96. The van der Waals surface area contributed by atoms with Crippen LogP contribution in [0.15, 0.2) is 52.3 Å². The van der Waals surface area contributed by atoms with Crippen LogP contribution in [0.25, 0.3) is 10.9 Å². The third kappa shape index (κ3) is 2.43. The number of nitrogens with one attached hydrogen (secondary N) is 1. The van der Waals surface area contributed by atoms with Gasteiger partial charge in [-0.3, -0.25) is 14.7 Å². The molecule has 4 rings (SSSR count). The molecule has 2 heterocycles. The van der Waals surface area contributed by atoms with Gasteiger partial charge in [-0.25, -0.2) is 4.99 Å². The number of hydrogen-bond donors (Lipinski definition) is 2. The Kier molecular flexibility index (Phi) is 3.72. The zero-order valence-electron chi connectivity index (χ0n) is 14.3. The molecular formula is C18H17N5O3. The van der Waals surface area contributed by atoms with Crippen molar-refractivity contribution in [2.24, 2.45) is 10.7 Å². The topological polar surface area (TPSA) is 104 Å². The number of benzene rings is 2. The van der Waals surface area contributed by atoms with Gasteiger partial charge in [0.2, 0.25) is 5.95 Å². The van der Waals surface area contributed by atoms with Gasteiger partial charge in [0.25, 0.3) is 5.56 Å². The van der Waals surface area contributed by atoms with E-state index >= 15 is 0 Å². The fourth-order valence-electron chi connectivity index (χ4n) is 3.10. The molecule has 132 valence electrons. The minimum atomic E-state index is -0.496. The fourth-order valence-corrected chi connectivity index (χ4v) is 3.10. The SMILES string of the molecule is COc1ccc([C@H]2N=C(N)Nc3nc(=O)c4ccccc4n32)cc1OC. The van der Waals surface area contributed by atoms with Crippen LogP contribution in [-0.4, -0.2) is 29.7 Å². The van der Waals surface area contributed by atoms with Crippen LogP contribution in [0.1, 0.15) is 11.7 Å². The van der Waals surface area contributed by atoms with Crippen molar-refractivity contribution in [2.45, 2.75) is 6.17 Å². The molecule has 2 aromatic carbocycles. The van der Waals surface area contributed by atoms with E-state index in [0.717, 1.165) is 5.56 Å². The van der Waals surface area contributed by atoms with Crippen molar-refractivity contribution in [2.75, 3.05) is 19.5 Å². The van der Waals surface area contributed by atoms with Crippen LogP contribution in [0.4, 0.5) is 5.95 Å². The van der Waals surface area contributed by atoms with E-state index in [1.54, 1.807) is 32.4 Å². The molecule has 0 radical (unpaired) electrons. The van der Waals surface area contributed by atoms with Crippen molar-refractivity contribution in [1.29, 1.82) is 0 Å². The largest absolute Gasteiger partial charge is 0.493 e. The van der Waals surface area contributed by atoms with Crippen molar-refractivity contribution in [3.8, 4) is 11.5 Å². The number of rotatable bonds is 3. The highest BCUT2D eigenvalue weighted by Gasteiger charge is 2.25. The van der Waals surface area contributed by atoms with Crippen molar-refractivity contribution in [1.82, 2.24) is 9.55 Å². The predicted molar refractivity (Wildman–Crippen MR) is 98.9 cm³/mol. The average Bonchev–Trinajstić information content (AvgIpc) is 2.66. The summed E-state index contributed by atoms with van der Waals surface area (Å²) in [5.41, 5.74) is 7.14. The van der Waals surface area contributed by atoms with Gasteiger partial charge in [-0.2, -0.15) is 4.98 Å². The Balaban J connectivity index is 1.98. The summed E-state index contributed by atoms with van der Waals surface area (Å²) in [7, 11) is 3.15. The molecule has 0 saturated heterocycles. The minimum Gasteiger partial charge on any atom is -0.493 e. The average molecular weight is 351 g/mol. The molecule has 1 aromatic heterocycles. The van der Waals surface area contributed by atoms with Gasteiger partial charge >= 0.3 is 0 Å². The normalized spacial score (nSPS) is 15.8. The van der Waals surface area contributed by atoms with E-state index in [1.807, 2.05) is 28.8 Å². The van der Waals surface area contributed by atoms with Crippen LogP contribution >= 0.6 is 0 Å². The number of anilines is 1. The Hall–Kier alpha value is -3.55. The number of aromatic nitrogens is 2. The minimum absolute atomic E-state index is 0.187. The molecule has 0 fully saturated rings. The van der Waals surface area contributed by atoms with E-state index in [2.05, 4.69) is 15.3 Å². The molecule has 1 aliphatic rings. The number of methoxy groups -OCH3 is 2. The second-order valence-corrected chi connectivity index (χ2v) is 5.76. The molecule has 1 aliphatic heterocycles. The number of nitrogens with zero attached hydrogens (tertiary/aromatic N) is 3. The van der Waals surface area contributed by atoms with Gasteiger partial charge in [0.15, 0.2) is 23.6 Å². The van der Waals surface area contributed by atoms with E-state index in [1.165, 1.54) is 0 Å². The van der Waals surface area contributed by atoms with Crippen molar-refractivity contribution >= 4 is 22.8 Å². The summed E-state index contributed by atoms with van der Waals surface area (Å²) < 4.78 is 12.5. The first kappa shape index (κ1) is 15.9. The van der Waals surface area contributed by atoms with Crippen LogP contribution < -0.4 is 26.1 Å². The van der Waals surface area contributed by atoms with Gasteiger partial charge in [0.05, 0.1) is 25.1 Å². The van der Waals surface area contributed by atoms with Crippen LogP contribution in [0.5, 0.6) is 11.5 Å². The molecular weight excluding hydrogens is 334 g/mol. The lowest BCUT2D eigenvalue weighted by Crippen LogP contribution is -2.34. The maximum atomic E-state index is 12.3. The maximum Gasteiger partial charge on any atom is 0.282 e. The van der Waals surface area contributed by atoms with Gasteiger partial charge in [0, 0.05) is 5.56 Å². The Labute approximate surface area is 148 Å². The molecule has 0 aliphatic carbocycles. The highest BCUT2D eigenvalue weighted by molar-refractivity contribution is 5.93. The fraction of sp³-hybridized carbons (Fsp3) is 0.167. The molecule has 0 bridgehead atoms. The number of guanidine groups is 1. The maximum absolute atomic E-state index is 12.3. The van der Waals surface area contributed by atoms with Crippen molar-refractivity contribution in [3.63, 3.8) is 0 Å². The monoisotopic (exact) mass is 351 g/mol. The smallest absolute Gasteiger partial charge is 0.282 e. The quantitative estimate of drug-likeness (QED) is 0.744. The lowest BCUT2D eigenvalue weighted by molar-refractivity contribution is 0.354. The summed E-state index contributed by atoms with van der Waals surface area (Å²) in [6, 6.07) is 12.8. The standard InChI is InChI=1S/C18H17N5O3/c1-25-13-8-7-10(9-14(13)26-2)15-20-17(19)22-18-21-16(24)11-5-3-4-6-12(11)23(15)18/h3-9,15H,1-2H3,(H3,19,20,21,22,24)/t15-/m0/s1. The summed E-state index contributed by atoms with van der Waals surface area (Å²) in [4.78, 5) is 20.9. The van der Waals surface area contributed by atoms with Crippen LogP contribution in [0, 0.1) is 0 Å². The first-order chi connectivity index (χ1) is 12.6. The summed E-state index contributed by atoms with van der Waals surface area (Å²) in [6.07, 6.45) is -0.496. The van der Waals surface area contributed by atoms with Crippen molar-refractivity contribution < 1.29 is 9.47 Å².